The summed E-state index contributed by atoms with van der Waals surface area (Å²) < 4.78 is 19.4. The summed E-state index contributed by atoms with van der Waals surface area (Å²) in [5.74, 6) is 1.27. The summed E-state index contributed by atoms with van der Waals surface area (Å²) in [6.45, 7) is 2.87. The Kier molecular flexibility index (Phi) is 10.9. The molecule has 184 valence electrons. The van der Waals surface area contributed by atoms with Crippen molar-refractivity contribution >= 4 is 18.9 Å². The van der Waals surface area contributed by atoms with Gasteiger partial charge in [0.1, 0.15) is 18.2 Å². The number of benzene rings is 2. The van der Waals surface area contributed by atoms with Crippen LogP contribution in [0.5, 0.6) is 5.75 Å². The number of amides is 1. The van der Waals surface area contributed by atoms with Crippen LogP contribution in [0.2, 0.25) is 0 Å². The Morgan fingerprint density at radius 2 is 1.85 bits per heavy atom. The Hall–Kier alpha value is -3.50. The molecule has 0 aliphatic carbocycles. The molecule has 10 heteroatoms. The number of carbonyl (C=O) groups excluding carboxylic acids is 1. The van der Waals surface area contributed by atoms with Crippen molar-refractivity contribution in [3.63, 3.8) is 0 Å². The zero-order chi connectivity index (χ0) is 24.9. The minimum absolute atomic E-state index is 0.0691. The molecule has 0 aromatic heterocycles. The van der Waals surface area contributed by atoms with E-state index in [2.05, 4.69) is 5.32 Å². The number of rotatable bonds is 6. The standard InChI is InChI=1S/C22H26FN3O2.2CH2O2/c23-18-5-2-4-16(11-18)22-20-13-25-12-17(20)14-26(22)21(27)10-15-3-1-6-19(9-15)28-8-7-24;2*2-1-3/h1-6,9,11,17,20,22,25H,7-8,10,12-14,24H2;2*1H,(H,2,3)/t17-,20-,22-;;/m0../s1. The van der Waals surface area contributed by atoms with Crippen molar-refractivity contribution in [1.82, 2.24) is 10.2 Å². The Balaban J connectivity index is 0.000000618. The number of nitrogens with zero attached hydrogens (tertiary/aromatic N) is 1. The van der Waals surface area contributed by atoms with Crippen LogP contribution < -0.4 is 15.8 Å². The van der Waals surface area contributed by atoms with Crippen LogP contribution in [0.4, 0.5) is 4.39 Å². The number of fused-ring (bicyclic) bond motifs is 1. The molecule has 0 radical (unpaired) electrons. The number of carbonyl (C=O) groups is 3. The van der Waals surface area contributed by atoms with Gasteiger partial charge in [0.25, 0.3) is 12.9 Å². The predicted octanol–water partition coefficient (Wildman–Crippen LogP) is 1.53. The molecule has 2 aliphatic heterocycles. The van der Waals surface area contributed by atoms with Gasteiger partial charge >= 0.3 is 0 Å². The first kappa shape index (κ1) is 26.7. The number of ether oxygens (including phenoxy) is 1. The molecule has 2 fully saturated rings. The summed E-state index contributed by atoms with van der Waals surface area (Å²) in [6.07, 6.45) is 0.304. The lowest BCUT2D eigenvalue weighted by Gasteiger charge is -2.28. The maximum atomic E-state index is 13.8. The van der Waals surface area contributed by atoms with E-state index in [0.29, 0.717) is 38.0 Å². The molecule has 1 amide bonds. The first-order chi connectivity index (χ1) is 16.5. The monoisotopic (exact) mass is 475 g/mol. The average Bonchev–Trinajstić information content (AvgIpc) is 3.40. The Labute approximate surface area is 197 Å². The second-order valence-corrected chi connectivity index (χ2v) is 7.80. The number of nitrogens with two attached hydrogens (primary N) is 1. The topological polar surface area (TPSA) is 142 Å². The fraction of sp³-hybridized carbons (Fsp3) is 0.375. The zero-order valence-corrected chi connectivity index (χ0v) is 18.7. The van der Waals surface area contributed by atoms with Crippen molar-refractivity contribution < 1.29 is 33.7 Å². The molecule has 2 aromatic rings. The average molecular weight is 476 g/mol. The highest BCUT2D eigenvalue weighted by Crippen LogP contribution is 2.43. The van der Waals surface area contributed by atoms with Gasteiger partial charge in [0.2, 0.25) is 5.91 Å². The normalized spacial score (nSPS) is 20.2. The molecular weight excluding hydrogens is 445 g/mol. The third-order valence-corrected chi connectivity index (χ3v) is 5.72. The molecule has 3 atom stereocenters. The van der Waals surface area contributed by atoms with Gasteiger partial charge in [-0.15, -0.1) is 0 Å². The van der Waals surface area contributed by atoms with Crippen LogP contribution in [-0.4, -0.2) is 66.8 Å². The predicted molar refractivity (Wildman–Crippen MR) is 123 cm³/mol. The summed E-state index contributed by atoms with van der Waals surface area (Å²) in [4.78, 5) is 31.9. The SMILES string of the molecule is NCCOc1cccc(CC(=O)N2C[C@@H]3CNC[C@@H]3[C@@H]2c2cccc(F)c2)c1.O=CO.O=CO. The van der Waals surface area contributed by atoms with E-state index in [1.807, 2.05) is 35.2 Å². The molecule has 0 saturated carbocycles. The second kappa shape index (κ2) is 13.9. The molecule has 2 aromatic carbocycles. The zero-order valence-electron chi connectivity index (χ0n) is 18.7. The summed E-state index contributed by atoms with van der Waals surface area (Å²) in [5, 5.41) is 17.2. The lowest BCUT2D eigenvalue weighted by Crippen LogP contribution is -2.35. The van der Waals surface area contributed by atoms with E-state index in [4.69, 9.17) is 30.3 Å². The lowest BCUT2D eigenvalue weighted by molar-refractivity contribution is -0.132. The molecule has 9 nitrogen and oxygen atoms in total. The van der Waals surface area contributed by atoms with Crippen LogP contribution >= 0.6 is 0 Å². The third-order valence-electron chi connectivity index (χ3n) is 5.72. The van der Waals surface area contributed by atoms with Gasteiger partial charge in [-0.1, -0.05) is 24.3 Å². The largest absolute Gasteiger partial charge is 0.492 e. The van der Waals surface area contributed by atoms with Gasteiger partial charge in [0.15, 0.2) is 0 Å². The van der Waals surface area contributed by atoms with Crippen LogP contribution in [-0.2, 0) is 20.8 Å². The molecule has 0 spiro atoms. The van der Waals surface area contributed by atoms with E-state index in [9.17, 15) is 9.18 Å². The van der Waals surface area contributed by atoms with Gasteiger partial charge in [-0.3, -0.25) is 14.4 Å². The van der Waals surface area contributed by atoms with E-state index in [1.165, 1.54) is 6.07 Å². The molecule has 2 saturated heterocycles. The first-order valence-electron chi connectivity index (χ1n) is 10.8. The van der Waals surface area contributed by atoms with E-state index in [0.717, 1.165) is 30.0 Å². The van der Waals surface area contributed by atoms with Crippen molar-refractivity contribution in [2.24, 2.45) is 17.6 Å². The Bertz CT molecular complexity index is 938. The van der Waals surface area contributed by atoms with Crippen molar-refractivity contribution in [3.05, 3.63) is 65.5 Å². The molecule has 2 aliphatic rings. The molecule has 0 bridgehead atoms. The highest BCUT2D eigenvalue weighted by atomic mass is 19.1. The van der Waals surface area contributed by atoms with Crippen LogP contribution in [0.1, 0.15) is 17.2 Å². The van der Waals surface area contributed by atoms with Gasteiger partial charge in [-0.25, -0.2) is 4.39 Å². The minimum Gasteiger partial charge on any atom is -0.492 e. The van der Waals surface area contributed by atoms with Crippen molar-refractivity contribution in [1.29, 1.82) is 0 Å². The van der Waals surface area contributed by atoms with Crippen LogP contribution in [0, 0.1) is 17.7 Å². The van der Waals surface area contributed by atoms with Crippen molar-refractivity contribution in [3.8, 4) is 5.75 Å². The summed E-state index contributed by atoms with van der Waals surface area (Å²) in [7, 11) is 0. The number of likely N-dealkylation sites (tertiary alicyclic amines) is 1. The third kappa shape index (κ3) is 7.26. The maximum absolute atomic E-state index is 13.8. The van der Waals surface area contributed by atoms with E-state index >= 15 is 0 Å². The number of halogens is 1. The Morgan fingerprint density at radius 3 is 2.53 bits per heavy atom. The van der Waals surface area contributed by atoms with Gasteiger partial charge < -0.3 is 30.9 Å². The molecule has 5 N–H and O–H groups in total. The molecule has 4 rings (SSSR count). The van der Waals surface area contributed by atoms with Gasteiger partial charge in [-0.2, -0.15) is 0 Å². The lowest BCUT2D eigenvalue weighted by atomic mass is 9.89. The number of hydrogen-bond donors (Lipinski definition) is 4. The molecule has 0 unspecified atom stereocenters. The van der Waals surface area contributed by atoms with E-state index in [-0.39, 0.29) is 30.7 Å². The smallest absolute Gasteiger partial charge is 0.290 e. The number of nitrogens with one attached hydrogen (secondary N) is 1. The highest BCUT2D eigenvalue weighted by Gasteiger charge is 2.46. The van der Waals surface area contributed by atoms with Gasteiger partial charge in [0, 0.05) is 32.1 Å². The second-order valence-electron chi connectivity index (χ2n) is 7.80. The van der Waals surface area contributed by atoms with Gasteiger partial charge in [-0.05, 0) is 41.3 Å². The summed E-state index contributed by atoms with van der Waals surface area (Å²) in [5.41, 5.74) is 7.28. The Morgan fingerprint density at radius 1 is 1.15 bits per heavy atom. The van der Waals surface area contributed by atoms with Crippen LogP contribution in [0.3, 0.4) is 0 Å². The quantitative estimate of drug-likeness (QED) is 0.461. The molecule has 2 heterocycles. The fourth-order valence-corrected chi connectivity index (χ4v) is 4.49. The van der Waals surface area contributed by atoms with Crippen LogP contribution in [0.15, 0.2) is 48.5 Å². The molecular formula is C24H30FN3O6. The summed E-state index contributed by atoms with van der Waals surface area (Å²) in [6, 6.07) is 14.2. The van der Waals surface area contributed by atoms with Gasteiger partial charge in [0.05, 0.1) is 12.5 Å². The van der Waals surface area contributed by atoms with Crippen molar-refractivity contribution in [2.75, 3.05) is 32.8 Å². The fourth-order valence-electron chi connectivity index (χ4n) is 4.49. The molecule has 34 heavy (non-hydrogen) atoms. The number of hydrogen-bond acceptors (Lipinski definition) is 6. The van der Waals surface area contributed by atoms with Crippen molar-refractivity contribution in [2.45, 2.75) is 12.5 Å². The van der Waals surface area contributed by atoms with Crippen LogP contribution in [0.25, 0.3) is 0 Å². The first-order valence-corrected chi connectivity index (χ1v) is 10.8. The van der Waals surface area contributed by atoms with E-state index < -0.39 is 0 Å². The minimum atomic E-state index is -0.260. The maximum Gasteiger partial charge on any atom is 0.290 e. The summed E-state index contributed by atoms with van der Waals surface area (Å²) >= 11 is 0. The number of carboxylic acid groups (broad SMARTS) is 2. The van der Waals surface area contributed by atoms with E-state index in [1.54, 1.807) is 12.1 Å². The highest BCUT2D eigenvalue weighted by molar-refractivity contribution is 5.80.